The Bertz CT molecular complexity index is 845. The zero-order valence-corrected chi connectivity index (χ0v) is 16.0. The van der Waals surface area contributed by atoms with Crippen molar-refractivity contribution in [2.45, 2.75) is 13.0 Å². The second-order valence-corrected chi connectivity index (χ2v) is 7.30. The number of ether oxygens (including phenoxy) is 1. The quantitative estimate of drug-likeness (QED) is 0.811. The molecule has 4 rings (SSSR count). The molecule has 0 N–H and O–H groups in total. The lowest BCUT2D eigenvalue weighted by Gasteiger charge is -2.27. The number of morpholine rings is 1. The van der Waals surface area contributed by atoms with Crippen LogP contribution in [0.3, 0.4) is 0 Å². The Morgan fingerprint density at radius 3 is 2.56 bits per heavy atom. The van der Waals surface area contributed by atoms with Crippen LogP contribution in [-0.4, -0.2) is 48.6 Å². The highest BCUT2D eigenvalue weighted by molar-refractivity contribution is 6.30. The third-order valence-corrected chi connectivity index (χ3v) is 5.44. The maximum absolute atomic E-state index is 13.4. The van der Waals surface area contributed by atoms with Crippen molar-refractivity contribution in [3.63, 3.8) is 0 Å². The lowest BCUT2D eigenvalue weighted by molar-refractivity contribution is -0.115. The molecule has 1 saturated heterocycles. The largest absolute Gasteiger partial charge is 0.379 e. The summed E-state index contributed by atoms with van der Waals surface area (Å²) in [4.78, 5) is 21.9. The number of carbonyl (C=O) groups excluding carboxylic acids is 1. The third-order valence-electron chi connectivity index (χ3n) is 5.19. The fraction of sp³-hybridized carbons (Fsp3) is 0.333. The molecule has 1 aromatic heterocycles. The molecule has 5 nitrogen and oxygen atoms in total. The van der Waals surface area contributed by atoms with Crippen LogP contribution in [0.15, 0.2) is 59.8 Å². The van der Waals surface area contributed by atoms with E-state index in [1.165, 1.54) is 0 Å². The number of benzene rings is 1. The van der Waals surface area contributed by atoms with E-state index in [9.17, 15) is 4.79 Å². The van der Waals surface area contributed by atoms with Crippen LogP contribution in [-0.2, 0) is 9.53 Å². The van der Waals surface area contributed by atoms with Crippen LogP contribution in [0.1, 0.15) is 18.5 Å². The predicted molar refractivity (Wildman–Crippen MR) is 106 cm³/mol. The van der Waals surface area contributed by atoms with Gasteiger partial charge in [-0.3, -0.25) is 14.6 Å². The van der Waals surface area contributed by atoms with Crippen LogP contribution in [0.4, 0.5) is 5.82 Å². The number of pyridine rings is 1. The van der Waals surface area contributed by atoms with Crippen molar-refractivity contribution in [1.29, 1.82) is 0 Å². The second-order valence-electron chi connectivity index (χ2n) is 6.87. The molecule has 3 heterocycles. The first-order valence-corrected chi connectivity index (χ1v) is 9.53. The van der Waals surface area contributed by atoms with E-state index in [0.29, 0.717) is 30.6 Å². The number of halogens is 1. The van der Waals surface area contributed by atoms with Gasteiger partial charge in [0.1, 0.15) is 5.82 Å². The first-order valence-electron chi connectivity index (χ1n) is 9.15. The Labute approximate surface area is 164 Å². The van der Waals surface area contributed by atoms with Gasteiger partial charge in [-0.2, -0.15) is 0 Å². The van der Waals surface area contributed by atoms with Gasteiger partial charge in [-0.15, -0.1) is 0 Å². The zero-order valence-electron chi connectivity index (χ0n) is 15.3. The predicted octanol–water partition coefficient (Wildman–Crippen LogP) is 3.47. The molecule has 0 aliphatic carbocycles. The molecule has 27 heavy (non-hydrogen) atoms. The highest BCUT2D eigenvalue weighted by Gasteiger charge is 2.40. The van der Waals surface area contributed by atoms with Crippen molar-refractivity contribution >= 4 is 23.3 Å². The highest BCUT2D eigenvalue weighted by atomic mass is 35.5. The monoisotopic (exact) mass is 383 g/mol. The summed E-state index contributed by atoms with van der Waals surface area (Å²) in [7, 11) is 0. The van der Waals surface area contributed by atoms with Gasteiger partial charge >= 0.3 is 0 Å². The molecule has 140 valence electrons. The molecule has 0 bridgehead atoms. The van der Waals surface area contributed by atoms with Crippen LogP contribution in [0, 0.1) is 0 Å². The normalized spacial score (nSPS) is 21.2. The summed E-state index contributed by atoms with van der Waals surface area (Å²) in [5.74, 6) is 0.691. The van der Waals surface area contributed by atoms with Crippen molar-refractivity contribution in [1.82, 2.24) is 9.88 Å². The summed E-state index contributed by atoms with van der Waals surface area (Å²) < 4.78 is 5.43. The number of anilines is 1. The number of nitrogens with zero attached hydrogens (tertiary/aromatic N) is 3. The summed E-state index contributed by atoms with van der Waals surface area (Å²) >= 11 is 6.07. The van der Waals surface area contributed by atoms with E-state index < -0.39 is 0 Å². The van der Waals surface area contributed by atoms with Crippen LogP contribution < -0.4 is 4.90 Å². The third kappa shape index (κ3) is 3.63. The Balaban J connectivity index is 1.72. The van der Waals surface area contributed by atoms with Gasteiger partial charge < -0.3 is 4.74 Å². The Morgan fingerprint density at radius 1 is 1.15 bits per heavy atom. The van der Waals surface area contributed by atoms with Gasteiger partial charge in [-0.25, -0.2) is 4.98 Å². The van der Waals surface area contributed by atoms with Gasteiger partial charge in [0.25, 0.3) is 5.91 Å². The molecule has 1 aromatic carbocycles. The van der Waals surface area contributed by atoms with Gasteiger partial charge in [0, 0.05) is 36.4 Å². The minimum Gasteiger partial charge on any atom is -0.379 e. The van der Waals surface area contributed by atoms with Crippen molar-refractivity contribution in [2.75, 3.05) is 37.7 Å². The van der Waals surface area contributed by atoms with Gasteiger partial charge in [-0.1, -0.05) is 29.8 Å². The van der Waals surface area contributed by atoms with E-state index in [4.69, 9.17) is 16.3 Å². The molecular formula is C21H22ClN3O2. The minimum absolute atomic E-state index is 0.0256. The van der Waals surface area contributed by atoms with E-state index in [2.05, 4.69) is 16.8 Å². The van der Waals surface area contributed by atoms with Crippen LogP contribution >= 0.6 is 11.6 Å². The number of amides is 1. The molecule has 1 amide bonds. The summed E-state index contributed by atoms with van der Waals surface area (Å²) in [6.07, 6.45) is 1.72. The van der Waals surface area contributed by atoms with Gasteiger partial charge in [0.15, 0.2) is 0 Å². The van der Waals surface area contributed by atoms with E-state index in [1.54, 1.807) is 11.1 Å². The molecule has 0 radical (unpaired) electrons. The van der Waals surface area contributed by atoms with Crippen molar-refractivity contribution in [3.05, 3.63) is 70.4 Å². The standard InChI is InChI=1S/C21H22ClN3O2/c1-15-18(14-24-10-12-27-13-11-24)21(26)25(19-4-2-3-9-23-19)20(15)16-5-7-17(22)8-6-16/h2-9,20H,10-14H2,1H3. The maximum Gasteiger partial charge on any atom is 0.257 e. The number of hydrogen-bond donors (Lipinski definition) is 0. The molecule has 2 aromatic rings. The molecule has 2 aliphatic rings. The number of aromatic nitrogens is 1. The van der Waals surface area contributed by atoms with E-state index >= 15 is 0 Å². The fourth-order valence-electron chi connectivity index (χ4n) is 3.74. The van der Waals surface area contributed by atoms with E-state index in [1.807, 2.05) is 42.5 Å². The summed E-state index contributed by atoms with van der Waals surface area (Å²) in [5, 5.41) is 0.683. The number of rotatable bonds is 4. The molecule has 0 saturated carbocycles. The second kappa shape index (κ2) is 7.80. The van der Waals surface area contributed by atoms with Gasteiger partial charge in [-0.05, 0) is 42.3 Å². The van der Waals surface area contributed by atoms with E-state index in [0.717, 1.165) is 29.8 Å². The SMILES string of the molecule is CC1=C(CN2CCOCC2)C(=O)N(c2ccccn2)C1c1ccc(Cl)cc1. The Morgan fingerprint density at radius 2 is 1.89 bits per heavy atom. The average Bonchev–Trinajstić information content (AvgIpc) is 2.95. The van der Waals surface area contributed by atoms with Crippen molar-refractivity contribution < 1.29 is 9.53 Å². The summed E-state index contributed by atoms with van der Waals surface area (Å²) in [6.45, 7) is 5.81. The highest BCUT2D eigenvalue weighted by Crippen LogP contribution is 2.40. The molecule has 0 spiro atoms. The fourth-order valence-corrected chi connectivity index (χ4v) is 3.87. The Hall–Kier alpha value is -2.21. The van der Waals surface area contributed by atoms with Gasteiger partial charge in [0.2, 0.25) is 0 Å². The molecule has 2 aliphatic heterocycles. The number of carbonyl (C=O) groups is 1. The zero-order chi connectivity index (χ0) is 18.8. The minimum atomic E-state index is -0.166. The lowest BCUT2D eigenvalue weighted by Crippen LogP contribution is -2.39. The molecule has 1 atom stereocenters. The van der Waals surface area contributed by atoms with Crippen molar-refractivity contribution in [3.8, 4) is 0 Å². The van der Waals surface area contributed by atoms with Crippen LogP contribution in [0.2, 0.25) is 5.02 Å². The smallest absolute Gasteiger partial charge is 0.257 e. The van der Waals surface area contributed by atoms with E-state index in [-0.39, 0.29) is 11.9 Å². The number of hydrogen-bond acceptors (Lipinski definition) is 4. The van der Waals surface area contributed by atoms with Crippen LogP contribution in [0.25, 0.3) is 0 Å². The summed E-state index contributed by atoms with van der Waals surface area (Å²) in [6, 6.07) is 13.2. The van der Waals surface area contributed by atoms with Crippen molar-refractivity contribution in [2.24, 2.45) is 0 Å². The Kier molecular flexibility index (Phi) is 5.25. The first-order chi connectivity index (χ1) is 13.1. The van der Waals surface area contributed by atoms with Crippen LogP contribution in [0.5, 0.6) is 0 Å². The van der Waals surface area contributed by atoms with Gasteiger partial charge in [0.05, 0.1) is 19.3 Å². The molecule has 1 fully saturated rings. The average molecular weight is 384 g/mol. The molecular weight excluding hydrogens is 362 g/mol. The summed E-state index contributed by atoms with van der Waals surface area (Å²) in [5.41, 5.74) is 2.95. The lowest BCUT2D eigenvalue weighted by atomic mass is 9.98. The molecule has 6 heteroatoms. The topological polar surface area (TPSA) is 45.7 Å². The first kappa shape index (κ1) is 18.2. The maximum atomic E-state index is 13.4. The molecule has 1 unspecified atom stereocenters.